The number of aromatic nitrogens is 1. The van der Waals surface area contributed by atoms with Gasteiger partial charge in [-0.3, -0.25) is 0 Å². The number of ether oxygens (including phenoxy) is 1. The molecule has 3 nitrogen and oxygen atoms in total. The first-order valence-corrected chi connectivity index (χ1v) is 7.83. The van der Waals surface area contributed by atoms with Gasteiger partial charge in [-0.1, -0.05) is 0 Å². The molecule has 0 aromatic carbocycles. The largest absolute Gasteiger partial charge is 0.416 e. The fourth-order valence-electron chi connectivity index (χ4n) is 2.55. The first-order valence-electron chi connectivity index (χ1n) is 6.89. The van der Waals surface area contributed by atoms with Crippen molar-refractivity contribution in [3.05, 3.63) is 46.3 Å². The third kappa shape index (κ3) is 3.25. The zero-order valence-corrected chi connectivity index (χ0v) is 12.7. The Kier molecular flexibility index (Phi) is 4.10. The predicted octanol–water partition coefficient (Wildman–Crippen LogP) is 4.13. The van der Waals surface area contributed by atoms with Gasteiger partial charge in [-0.25, -0.2) is 4.98 Å². The number of hydrogen-bond donors (Lipinski definition) is 0. The van der Waals surface area contributed by atoms with Crippen molar-refractivity contribution < 1.29 is 17.9 Å². The molecule has 2 unspecified atom stereocenters. The van der Waals surface area contributed by atoms with Gasteiger partial charge in [-0.05, 0) is 41.4 Å². The number of thiophene rings is 1. The SMILES string of the molecule is CC1CN(c2cc(C(F)(F)F)ccn2)CC(c2ccsc2)O1. The zero-order chi connectivity index (χ0) is 15.7. The molecule has 1 fully saturated rings. The van der Waals surface area contributed by atoms with E-state index >= 15 is 0 Å². The van der Waals surface area contributed by atoms with Gasteiger partial charge in [-0.2, -0.15) is 24.5 Å². The van der Waals surface area contributed by atoms with Crippen LogP contribution in [0.4, 0.5) is 19.0 Å². The van der Waals surface area contributed by atoms with E-state index in [4.69, 9.17) is 4.74 Å². The normalized spacial score (nSPS) is 22.8. The number of pyridine rings is 1. The van der Waals surface area contributed by atoms with Crippen LogP contribution < -0.4 is 4.90 Å². The van der Waals surface area contributed by atoms with Crippen LogP contribution in [0.25, 0.3) is 0 Å². The van der Waals surface area contributed by atoms with Crippen LogP contribution in [0.5, 0.6) is 0 Å². The highest BCUT2D eigenvalue weighted by molar-refractivity contribution is 7.07. The lowest BCUT2D eigenvalue weighted by Crippen LogP contribution is -2.43. The molecule has 0 N–H and O–H groups in total. The molecule has 0 saturated carbocycles. The molecule has 2 aromatic rings. The van der Waals surface area contributed by atoms with E-state index < -0.39 is 11.7 Å². The molecule has 2 atom stereocenters. The van der Waals surface area contributed by atoms with Crippen molar-refractivity contribution in [3.8, 4) is 0 Å². The molecule has 0 radical (unpaired) electrons. The minimum Gasteiger partial charge on any atom is -0.367 e. The highest BCUT2D eigenvalue weighted by Crippen LogP contribution is 2.33. The molecule has 1 aliphatic rings. The maximum absolute atomic E-state index is 12.8. The van der Waals surface area contributed by atoms with Gasteiger partial charge >= 0.3 is 6.18 Å². The molecule has 3 heterocycles. The van der Waals surface area contributed by atoms with Crippen LogP contribution in [0, 0.1) is 0 Å². The van der Waals surface area contributed by atoms with Gasteiger partial charge in [-0.15, -0.1) is 0 Å². The molecule has 0 amide bonds. The lowest BCUT2D eigenvalue weighted by atomic mass is 10.1. The number of hydrogen-bond acceptors (Lipinski definition) is 4. The monoisotopic (exact) mass is 328 g/mol. The average Bonchev–Trinajstić information content (AvgIpc) is 3.00. The third-order valence-corrected chi connectivity index (χ3v) is 4.27. The highest BCUT2D eigenvalue weighted by Gasteiger charge is 2.33. The van der Waals surface area contributed by atoms with Gasteiger partial charge in [0.05, 0.1) is 11.7 Å². The Morgan fingerprint density at radius 2 is 2.14 bits per heavy atom. The summed E-state index contributed by atoms with van der Waals surface area (Å²) in [6.45, 7) is 2.93. The fraction of sp³-hybridized carbons (Fsp3) is 0.400. The van der Waals surface area contributed by atoms with E-state index in [9.17, 15) is 13.2 Å². The van der Waals surface area contributed by atoms with E-state index in [-0.39, 0.29) is 12.2 Å². The molecule has 7 heteroatoms. The summed E-state index contributed by atoms with van der Waals surface area (Å²) < 4.78 is 44.4. The molecule has 0 spiro atoms. The third-order valence-electron chi connectivity index (χ3n) is 3.57. The van der Waals surface area contributed by atoms with E-state index in [0.29, 0.717) is 18.9 Å². The van der Waals surface area contributed by atoms with Crippen LogP contribution in [0.15, 0.2) is 35.2 Å². The molecule has 22 heavy (non-hydrogen) atoms. The van der Waals surface area contributed by atoms with Crippen LogP contribution in [-0.4, -0.2) is 24.2 Å². The summed E-state index contributed by atoms with van der Waals surface area (Å²) in [5, 5.41) is 3.96. The summed E-state index contributed by atoms with van der Waals surface area (Å²) in [6, 6.07) is 4.07. The molecule has 0 bridgehead atoms. The fourth-order valence-corrected chi connectivity index (χ4v) is 3.25. The molecular formula is C15H15F3N2OS. The van der Waals surface area contributed by atoms with Gasteiger partial charge in [0.2, 0.25) is 0 Å². The van der Waals surface area contributed by atoms with Crippen LogP contribution in [0.3, 0.4) is 0 Å². The van der Waals surface area contributed by atoms with E-state index in [1.165, 1.54) is 6.20 Å². The van der Waals surface area contributed by atoms with E-state index in [1.54, 1.807) is 11.3 Å². The molecule has 1 saturated heterocycles. The summed E-state index contributed by atoms with van der Waals surface area (Å²) in [5.74, 6) is 0.338. The Morgan fingerprint density at radius 3 is 2.82 bits per heavy atom. The summed E-state index contributed by atoms with van der Waals surface area (Å²) in [6.07, 6.45) is -3.37. The van der Waals surface area contributed by atoms with Crippen molar-refractivity contribution in [1.82, 2.24) is 4.98 Å². The summed E-state index contributed by atoms with van der Waals surface area (Å²) in [7, 11) is 0. The number of nitrogens with zero attached hydrogens (tertiary/aromatic N) is 2. The Morgan fingerprint density at radius 1 is 1.32 bits per heavy atom. The van der Waals surface area contributed by atoms with Gasteiger partial charge in [0.15, 0.2) is 0 Å². The molecule has 3 rings (SSSR count). The number of alkyl halides is 3. The average molecular weight is 328 g/mol. The van der Waals surface area contributed by atoms with Crippen molar-refractivity contribution in [2.24, 2.45) is 0 Å². The number of anilines is 1. The second-order valence-corrected chi connectivity index (χ2v) is 6.08. The maximum atomic E-state index is 12.8. The summed E-state index contributed by atoms with van der Waals surface area (Å²) in [5.41, 5.74) is 0.372. The smallest absolute Gasteiger partial charge is 0.367 e. The molecule has 1 aliphatic heterocycles. The first kappa shape index (κ1) is 15.3. The zero-order valence-electron chi connectivity index (χ0n) is 11.9. The Labute approximate surface area is 130 Å². The quantitative estimate of drug-likeness (QED) is 0.829. The number of morpholine rings is 1. The van der Waals surface area contributed by atoms with Crippen molar-refractivity contribution >= 4 is 17.2 Å². The second-order valence-electron chi connectivity index (χ2n) is 5.30. The van der Waals surface area contributed by atoms with Crippen LogP contribution in [-0.2, 0) is 10.9 Å². The van der Waals surface area contributed by atoms with Gasteiger partial charge in [0.1, 0.15) is 11.9 Å². The first-order chi connectivity index (χ1) is 10.4. The molecule has 0 aliphatic carbocycles. The topological polar surface area (TPSA) is 25.4 Å². The Balaban J connectivity index is 1.85. The molecular weight excluding hydrogens is 313 g/mol. The van der Waals surface area contributed by atoms with Gasteiger partial charge < -0.3 is 9.64 Å². The van der Waals surface area contributed by atoms with Crippen molar-refractivity contribution in [1.29, 1.82) is 0 Å². The number of rotatable bonds is 2. The summed E-state index contributed by atoms with van der Waals surface area (Å²) >= 11 is 1.57. The van der Waals surface area contributed by atoms with Crippen molar-refractivity contribution in [2.45, 2.75) is 25.3 Å². The van der Waals surface area contributed by atoms with E-state index in [0.717, 1.165) is 17.7 Å². The molecule has 118 valence electrons. The van der Waals surface area contributed by atoms with Crippen molar-refractivity contribution in [3.63, 3.8) is 0 Å². The minimum atomic E-state index is -4.36. The standard InChI is InChI=1S/C15H15F3N2OS/c1-10-7-20(8-13(21-10)11-3-5-22-9-11)14-6-12(2-4-19-14)15(16,17)18/h2-6,9-10,13H,7-8H2,1H3. The van der Waals surface area contributed by atoms with Gasteiger partial charge in [0, 0.05) is 19.3 Å². The maximum Gasteiger partial charge on any atom is 0.416 e. The highest BCUT2D eigenvalue weighted by atomic mass is 32.1. The molecule has 2 aromatic heterocycles. The lowest BCUT2D eigenvalue weighted by Gasteiger charge is -2.37. The van der Waals surface area contributed by atoms with Crippen LogP contribution >= 0.6 is 11.3 Å². The predicted molar refractivity (Wildman–Crippen MR) is 79.1 cm³/mol. The Bertz CT molecular complexity index is 630. The minimum absolute atomic E-state index is 0.0741. The number of halogens is 3. The van der Waals surface area contributed by atoms with E-state index in [1.807, 2.05) is 28.7 Å². The van der Waals surface area contributed by atoms with Crippen LogP contribution in [0.2, 0.25) is 0 Å². The van der Waals surface area contributed by atoms with Crippen LogP contribution in [0.1, 0.15) is 24.2 Å². The summed E-state index contributed by atoms with van der Waals surface area (Å²) in [4.78, 5) is 5.95. The van der Waals surface area contributed by atoms with Gasteiger partial charge in [0.25, 0.3) is 0 Å². The van der Waals surface area contributed by atoms with E-state index in [2.05, 4.69) is 4.98 Å². The lowest BCUT2D eigenvalue weighted by molar-refractivity contribution is -0.137. The van der Waals surface area contributed by atoms with Crippen molar-refractivity contribution in [2.75, 3.05) is 18.0 Å². The Hall–Kier alpha value is -1.60. The second kappa shape index (κ2) is 5.89.